The molecule has 0 aliphatic heterocycles. The van der Waals surface area contributed by atoms with Gasteiger partial charge in [-0.1, -0.05) is 26.0 Å². The van der Waals surface area contributed by atoms with Gasteiger partial charge in [0.15, 0.2) is 5.82 Å². The predicted molar refractivity (Wildman–Crippen MR) is 126 cm³/mol. The third kappa shape index (κ3) is 3.70. The number of hydrogen-bond donors (Lipinski definition) is 1. The minimum absolute atomic E-state index is 0.0284. The number of aliphatic hydroxyl groups excluding tert-OH is 1. The number of rotatable bonds is 5. The van der Waals surface area contributed by atoms with E-state index in [-0.39, 0.29) is 28.4 Å². The molecule has 0 unspecified atom stereocenters. The topological polar surface area (TPSA) is 82.0 Å². The quantitative estimate of drug-likeness (QED) is 0.502. The lowest BCUT2D eigenvalue weighted by molar-refractivity contribution is 0.264. The molecule has 4 rings (SSSR count). The van der Waals surface area contributed by atoms with Gasteiger partial charge >= 0.3 is 5.69 Å². The van der Waals surface area contributed by atoms with E-state index in [0.29, 0.717) is 11.9 Å². The highest BCUT2D eigenvalue weighted by Gasteiger charge is 2.20. The Balaban J connectivity index is 2.06. The zero-order chi connectivity index (χ0) is 24.0. The first-order valence-electron chi connectivity index (χ1n) is 10.9. The van der Waals surface area contributed by atoms with Gasteiger partial charge in [0.25, 0.3) is 5.56 Å². The van der Waals surface area contributed by atoms with E-state index in [4.69, 9.17) is 0 Å². The van der Waals surface area contributed by atoms with E-state index in [9.17, 15) is 14.7 Å². The first-order valence-corrected chi connectivity index (χ1v) is 10.9. The van der Waals surface area contributed by atoms with Crippen molar-refractivity contribution in [1.82, 2.24) is 18.9 Å². The monoisotopic (exact) mass is 450 g/mol. The summed E-state index contributed by atoms with van der Waals surface area (Å²) in [5.74, 6) is -0.558. The Labute approximate surface area is 190 Å². The molecule has 7 nitrogen and oxygen atoms in total. The van der Waals surface area contributed by atoms with Crippen molar-refractivity contribution in [2.24, 2.45) is 0 Å². The molecule has 0 radical (unpaired) electrons. The molecule has 33 heavy (non-hydrogen) atoms. The first-order chi connectivity index (χ1) is 15.7. The molecule has 172 valence electrons. The summed E-state index contributed by atoms with van der Waals surface area (Å²) in [7, 11) is 0. The highest BCUT2D eigenvalue weighted by Crippen LogP contribution is 2.28. The zero-order valence-electron chi connectivity index (χ0n) is 19.4. The van der Waals surface area contributed by atoms with E-state index >= 15 is 4.39 Å². The Bertz CT molecular complexity index is 1490. The van der Waals surface area contributed by atoms with Crippen LogP contribution in [0.2, 0.25) is 0 Å². The second kappa shape index (κ2) is 8.44. The van der Waals surface area contributed by atoms with Crippen molar-refractivity contribution >= 4 is 10.8 Å². The third-order valence-corrected chi connectivity index (χ3v) is 5.99. The second-order valence-electron chi connectivity index (χ2n) is 8.57. The lowest BCUT2D eigenvalue weighted by Gasteiger charge is -2.17. The lowest BCUT2D eigenvalue weighted by Crippen LogP contribution is -2.25. The molecule has 0 aliphatic rings. The summed E-state index contributed by atoms with van der Waals surface area (Å²) in [5, 5.41) is 14.4. The average molecular weight is 451 g/mol. The standard InChI is InChI=1S/C25H27FN4O3/c1-6-28-23(13-31)27-30(25(28)33)22-11-17-18(10-20(22)26)24(32)29(12-19(17)14(2)3)21-9-15(4)7-8-16(21)5/h7-12,14,31H,6,13H2,1-5H3. The van der Waals surface area contributed by atoms with Gasteiger partial charge in [-0.2, -0.15) is 4.68 Å². The SMILES string of the molecule is CCn1c(CO)nn(-c2cc3c(C(C)C)cn(-c4cc(C)ccc4C)c(=O)c3cc2F)c1=O. The van der Waals surface area contributed by atoms with Crippen molar-refractivity contribution in [3.8, 4) is 11.4 Å². The number of aromatic nitrogens is 4. The van der Waals surface area contributed by atoms with Gasteiger partial charge in [0, 0.05) is 12.7 Å². The van der Waals surface area contributed by atoms with E-state index in [1.807, 2.05) is 45.9 Å². The minimum Gasteiger partial charge on any atom is -0.388 e. The molecule has 2 aromatic heterocycles. The van der Waals surface area contributed by atoms with E-state index in [0.717, 1.165) is 27.1 Å². The van der Waals surface area contributed by atoms with Crippen molar-refractivity contribution in [2.45, 2.75) is 53.7 Å². The van der Waals surface area contributed by atoms with Gasteiger partial charge in [-0.25, -0.2) is 9.18 Å². The fourth-order valence-electron chi connectivity index (χ4n) is 4.18. The molecule has 4 aromatic rings. The van der Waals surface area contributed by atoms with Crippen LogP contribution in [0.25, 0.3) is 22.1 Å². The van der Waals surface area contributed by atoms with Gasteiger partial charge in [-0.3, -0.25) is 13.9 Å². The lowest BCUT2D eigenvalue weighted by atomic mass is 9.97. The largest absolute Gasteiger partial charge is 0.388 e. The van der Waals surface area contributed by atoms with Gasteiger partial charge in [0.05, 0.1) is 11.1 Å². The molecule has 1 N–H and O–H groups in total. The van der Waals surface area contributed by atoms with Crippen LogP contribution >= 0.6 is 0 Å². The van der Waals surface area contributed by atoms with E-state index in [1.54, 1.807) is 17.7 Å². The Hall–Kier alpha value is -3.52. The highest BCUT2D eigenvalue weighted by atomic mass is 19.1. The predicted octanol–water partition coefficient (Wildman–Crippen LogP) is 3.73. The molecule has 0 spiro atoms. The molecule has 0 bridgehead atoms. The summed E-state index contributed by atoms with van der Waals surface area (Å²) in [6.07, 6.45) is 1.80. The Morgan fingerprint density at radius 1 is 1.06 bits per heavy atom. The van der Waals surface area contributed by atoms with Gasteiger partial charge in [-0.05, 0) is 67.0 Å². The Morgan fingerprint density at radius 2 is 1.79 bits per heavy atom. The van der Waals surface area contributed by atoms with Crippen LogP contribution < -0.4 is 11.2 Å². The van der Waals surface area contributed by atoms with Gasteiger partial charge in [0.1, 0.15) is 18.1 Å². The Morgan fingerprint density at radius 3 is 2.39 bits per heavy atom. The van der Waals surface area contributed by atoms with Crippen molar-refractivity contribution in [2.75, 3.05) is 0 Å². The molecule has 8 heteroatoms. The fraction of sp³-hybridized carbons (Fsp3) is 0.320. The number of halogens is 1. The molecule has 0 saturated heterocycles. The number of hydrogen-bond acceptors (Lipinski definition) is 4. The number of benzene rings is 2. The van der Waals surface area contributed by atoms with Gasteiger partial charge in [0.2, 0.25) is 0 Å². The van der Waals surface area contributed by atoms with E-state index in [2.05, 4.69) is 5.10 Å². The van der Waals surface area contributed by atoms with Crippen molar-refractivity contribution in [3.05, 3.63) is 85.7 Å². The maximum atomic E-state index is 15.3. The number of aryl methyl sites for hydroxylation is 2. The highest BCUT2D eigenvalue weighted by molar-refractivity contribution is 5.87. The van der Waals surface area contributed by atoms with Crippen LogP contribution in [0.5, 0.6) is 0 Å². The molecular weight excluding hydrogens is 423 g/mol. The fourth-order valence-corrected chi connectivity index (χ4v) is 4.18. The molecule has 0 fully saturated rings. The molecule has 2 aromatic carbocycles. The molecule has 0 aliphatic carbocycles. The minimum atomic E-state index is -0.736. The number of fused-ring (bicyclic) bond motifs is 1. The third-order valence-electron chi connectivity index (χ3n) is 5.99. The summed E-state index contributed by atoms with van der Waals surface area (Å²) in [4.78, 5) is 26.2. The normalized spacial score (nSPS) is 11.6. The number of nitrogens with zero attached hydrogens (tertiary/aromatic N) is 4. The summed E-state index contributed by atoms with van der Waals surface area (Å²) in [6, 6.07) is 8.55. The van der Waals surface area contributed by atoms with Crippen LogP contribution in [-0.2, 0) is 13.2 Å². The van der Waals surface area contributed by atoms with E-state index in [1.165, 1.54) is 16.7 Å². The zero-order valence-corrected chi connectivity index (χ0v) is 19.4. The summed E-state index contributed by atoms with van der Waals surface area (Å²) < 4.78 is 19.1. The average Bonchev–Trinajstić information content (AvgIpc) is 3.10. The smallest absolute Gasteiger partial charge is 0.350 e. The van der Waals surface area contributed by atoms with Crippen LogP contribution in [0.1, 0.15) is 49.2 Å². The van der Waals surface area contributed by atoms with Crippen molar-refractivity contribution in [3.63, 3.8) is 0 Å². The van der Waals surface area contributed by atoms with Crippen molar-refractivity contribution < 1.29 is 9.50 Å². The van der Waals surface area contributed by atoms with E-state index < -0.39 is 18.1 Å². The molecular formula is C25H27FN4O3. The maximum Gasteiger partial charge on any atom is 0.350 e. The molecule has 0 atom stereocenters. The number of aliphatic hydroxyl groups is 1. The summed E-state index contributed by atoms with van der Waals surface area (Å²) in [5.41, 5.74) is 2.60. The first kappa shape index (κ1) is 22.7. The van der Waals surface area contributed by atoms with Gasteiger partial charge < -0.3 is 5.11 Å². The molecule has 0 amide bonds. The summed E-state index contributed by atoms with van der Waals surface area (Å²) in [6.45, 7) is 9.48. The van der Waals surface area contributed by atoms with Gasteiger partial charge in [-0.15, -0.1) is 5.10 Å². The van der Waals surface area contributed by atoms with Crippen LogP contribution in [0.3, 0.4) is 0 Å². The van der Waals surface area contributed by atoms with Crippen LogP contribution in [0.4, 0.5) is 4.39 Å². The molecule has 0 saturated carbocycles. The Kier molecular flexibility index (Phi) is 5.80. The second-order valence-corrected chi connectivity index (χ2v) is 8.57. The maximum absolute atomic E-state index is 15.3. The van der Waals surface area contributed by atoms with Crippen LogP contribution in [0, 0.1) is 19.7 Å². The number of pyridine rings is 1. The molecule has 2 heterocycles. The van der Waals surface area contributed by atoms with Crippen LogP contribution in [-0.4, -0.2) is 24.0 Å². The van der Waals surface area contributed by atoms with Crippen molar-refractivity contribution in [1.29, 1.82) is 0 Å². The van der Waals surface area contributed by atoms with Crippen LogP contribution in [0.15, 0.2) is 46.1 Å². The summed E-state index contributed by atoms with van der Waals surface area (Å²) >= 11 is 0.